The van der Waals surface area contributed by atoms with Gasteiger partial charge in [0.15, 0.2) is 0 Å². The molecular formula is C8H18N2O6S2. The molecule has 10 heteroatoms. The van der Waals surface area contributed by atoms with Crippen molar-refractivity contribution >= 4 is 26.0 Å². The summed E-state index contributed by atoms with van der Waals surface area (Å²) in [5.74, 6) is -1.38. The third-order valence-electron chi connectivity index (χ3n) is 2.21. The van der Waals surface area contributed by atoms with E-state index >= 15 is 0 Å². The minimum absolute atomic E-state index is 0.166. The zero-order chi connectivity index (χ0) is 14.6. The maximum atomic E-state index is 11.8. The van der Waals surface area contributed by atoms with E-state index in [1.54, 1.807) is 0 Å². The van der Waals surface area contributed by atoms with Crippen LogP contribution in [0, 0.1) is 0 Å². The number of hydrogen-bond acceptors (Lipinski definition) is 5. The number of carbonyl (C=O) groups is 1. The second-order valence-corrected chi connectivity index (χ2v) is 8.33. The normalized spacial score (nSPS) is 13.2. The summed E-state index contributed by atoms with van der Waals surface area (Å²) in [6.07, 6.45) is 0.706. The Balaban J connectivity index is 4.56. The molecule has 0 atom stereocenters. The van der Waals surface area contributed by atoms with E-state index in [2.05, 4.69) is 0 Å². The molecule has 0 aromatic carbocycles. The molecular weight excluding hydrogens is 284 g/mol. The summed E-state index contributed by atoms with van der Waals surface area (Å²) < 4.78 is 47.3. The zero-order valence-corrected chi connectivity index (χ0v) is 12.2. The van der Waals surface area contributed by atoms with Crippen molar-refractivity contribution in [3.63, 3.8) is 0 Å². The van der Waals surface area contributed by atoms with E-state index in [-0.39, 0.29) is 25.3 Å². The van der Waals surface area contributed by atoms with Crippen molar-refractivity contribution in [2.75, 3.05) is 39.2 Å². The zero-order valence-electron chi connectivity index (χ0n) is 10.5. The van der Waals surface area contributed by atoms with Crippen molar-refractivity contribution in [3.8, 4) is 0 Å². The molecule has 8 nitrogen and oxygen atoms in total. The molecule has 0 heterocycles. The Labute approximate surface area is 107 Å². The number of hydrogen-bond donors (Lipinski definition) is 1. The minimum Gasteiger partial charge on any atom is -0.481 e. The predicted molar refractivity (Wildman–Crippen MR) is 66.1 cm³/mol. The first kappa shape index (κ1) is 17.3. The lowest BCUT2D eigenvalue weighted by Gasteiger charge is -2.23. The molecule has 108 valence electrons. The Bertz CT molecular complexity index is 484. The van der Waals surface area contributed by atoms with Crippen LogP contribution in [-0.2, 0) is 24.8 Å². The highest BCUT2D eigenvalue weighted by atomic mass is 32.2. The SMILES string of the molecule is CN(CCC(=O)O)S(=O)(=O)N(C)CCS(C)(=O)=O. The fourth-order valence-corrected chi connectivity index (χ4v) is 2.86. The number of carboxylic acids is 1. The van der Waals surface area contributed by atoms with Gasteiger partial charge < -0.3 is 5.11 Å². The summed E-state index contributed by atoms with van der Waals surface area (Å²) in [7, 11) is -4.57. The number of nitrogens with zero attached hydrogens (tertiary/aromatic N) is 2. The van der Waals surface area contributed by atoms with E-state index < -0.39 is 26.0 Å². The van der Waals surface area contributed by atoms with Gasteiger partial charge in [-0.25, -0.2) is 8.42 Å². The molecule has 1 N–H and O–H groups in total. The summed E-state index contributed by atoms with van der Waals surface area (Å²) in [5.41, 5.74) is 0. The minimum atomic E-state index is -3.82. The Hall–Kier alpha value is -0.710. The molecule has 0 spiro atoms. The molecule has 18 heavy (non-hydrogen) atoms. The van der Waals surface area contributed by atoms with Gasteiger partial charge in [0.05, 0.1) is 12.2 Å². The Morgan fingerprint density at radius 2 is 1.50 bits per heavy atom. The molecule has 0 aliphatic rings. The standard InChI is InChI=1S/C8H18N2O6S2/c1-9(5-4-8(11)12)18(15,16)10(2)6-7-17(3,13)14/h4-7H2,1-3H3,(H,11,12). The molecule has 0 aromatic rings. The van der Waals surface area contributed by atoms with Crippen LogP contribution in [0.3, 0.4) is 0 Å². The molecule has 0 saturated carbocycles. The fourth-order valence-electron chi connectivity index (χ4n) is 1.02. The highest BCUT2D eigenvalue weighted by Gasteiger charge is 2.24. The lowest BCUT2D eigenvalue weighted by molar-refractivity contribution is -0.137. The third-order valence-corrected chi connectivity index (χ3v) is 5.07. The van der Waals surface area contributed by atoms with Gasteiger partial charge >= 0.3 is 5.97 Å². The van der Waals surface area contributed by atoms with E-state index in [0.717, 1.165) is 14.9 Å². The number of sulfone groups is 1. The fraction of sp³-hybridized carbons (Fsp3) is 0.875. The van der Waals surface area contributed by atoms with Crippen LogP contribution in [-0.4, -0.2) is 75.7 Å². The van der Waals surface area contributed by atoms with Gasteiger partial charge in [0.25, 0.3) is 10.2 Å². The van der Waals surface area contributed by atoms with Gasteiger partial charge in [-0.15, -0.1) is 0 Å². The Morgan fingerprint density at radius 1 is 1.06 bits per heavy atom. The van der Waals surface area contributed by atoms with Gasteiger partial charge in [-0.05, 0) is 0 Å². The van der Waals surface area contributed by atoms with Gasteiger partial charge in [-0.2, -0.15) is 17.0 Å². The van der Waals surface area contributed by atoms with Gasteiger partial charge in [0.1, 0.15) is 9.84 Å². The lowest BCUT2D eigenvalue weighted by Crippen LogP contribution is -2.42. The maximum Gasteiger partial charge on any atom is 0.304 e. The second kappa shape index (κ2) is 6.45. The summed E-state index contributed by atoms with van der Waals surface area (Å²) in [6.45, 7) is -0.334. The van der Waals surface area contributed by atoms with Gasteiger partial charge in [-0.3, -0.25) is 4.79 Å². The quantitative estimate of drug-likeness (QED) is 0.591. The summed E-state index contributed by atoms with van der Waals surface area (Å²) >= 11 is 0. The highest BCUT2D eigenvalue weighted by Crippen LogP contribution is 2.05. The molecule has 0 bridgehead atoms. The molecule has 0 saturated heterocycles. The van der Waals surface area contributed by atoms with Crippen molar-refractivity contribution in [2.24, 2.45) is 0 Å². The monoisotopic (exact) mass is 302 g/mol. The molecule has 0 aromatic heterocycles. The van der Waals surface area contributed by atoms with E-state index in [1.807, 2.05) is 0 Å². The van der Waals surface area contributed by atoms with Crippen LogP contribution in [0.4, 0.5) is 0 Å². The highest BCUT2D eigenvalue weighted by molar-refractivity contribution is 7.90. The molecule has 0 aliphatic heterocycles. The molecule has 0 fully saturated rings. The van der Waals surface area contributed by atoms with Gasteiger partial charge in [0.2, 0.25) is 0 Å². The van der Waals surface area contributed by atoms with Crippen LogP contribution < -0.4 is 0 Å². The van der Waals surface area contributed by atoms with E-state index in [0.29, 0.717) is 0 Å². The first-order chi connectivity index (χ1) is 7.97. The van der Waals surface area contributed by atoms with Crippen molar-refractivity contribution in [2.45, 2.75) is 6.42 Å². The van der Waals surface area contributed by atoms with Gasteiger partial charge in [-0.1, -0.05) is 0 Å². The van der Waals surface area contributed by atoms with Crippen molar-refractivity contribution in [3.05, 3.63) is 0 Å². The molecule has 0 amide bonds. The van der Waals surface area contributed by atoms with E-state index in [9.17, 15) is 21.6 Å². The largest absolute Gasteiger partial charge is 0.481 e. The third kappa shape index (κ3) is 6.28. The average Bonchev–Trinajstić information content (AvgIpc) is 2.20. The number of carboxylic acid groups (broad SMARTS) is 1. The lowest BCUT2D eigenvalue weighted by atomic mass is 10.4. The Morgan fingerprint density at radius 3 is 1.89 bits per heavy atom. The first-order valence-electron chi connectivity index (χ1n) is 5.04. The summed E-state index contributed by atoms with van der Waals surface area (Å²) in [5, 5.41) is 8.46. The van der Waals surface area contributed by atoms with Crippen LogP contribution in [0.5, 0.6) is 0 Å². The number of rotatable bonds is 8. The van der Waals surface area contributed by atoms with Crippen LogP contribution in [0.2, 0.25) is 0 Å². The van der Waals surface area contributed by atoms with Crippen LogP contribution in [0.25, 0.3) is 0 Å². The first-order valence-corrected chi connectivity index (χ1v) is 8.49. The summed E-state index contributed by atoms with van der Waals surface area (Å²) in [4.78, 5) is 10.3. The van der Waals surface area contributed by atoms with Gasteiger partial charge in [0, 0.05) is 33.4 Å². The van der Waals surface area contributed by atoms with Crippen molar-refractivity contribution in [1.82, 2.24) is 8.61 Å². The predicted octanol–water partition coefficient (Wildman–Crippen LogP) is -1.39. The molecule has 0 radical (unpaired) electrons. The van der Waals surface area contributed by atoms with Crippen LogP contribution in [0.15, 0.2) is 0 Å². The molecule has 0 aliphatic carbocycles. The number of aliphatic carboxylic acids is 1. The molecule has 0 unspecified atom stereocenters. The van der Waals surface area contributed by atoms with E-state index in [4.69, 9.17) is 5.11 Å². The topological polar surface area (TPSA) is 112 Å². The second-order valence-electron chi connectivity index (χ2n) is 3.92. The summed E-state index contributed by atoms with van der Waals surface area (Å²) in [6, 6.07) is 0. The van der Waals surface area contributed by atoms with E-state index in [1.165, 1.54) is 14.1 Å². The van der Waals surface area contributed by atoms with Crippen LogP contribution >= 0.6 is 0 Å². The van der Waals surface area contributed by atoms with Crippen LogP contribution in [0.1, 0.15) is 6.42 Å². The smallest absolute Gasteiger partial charge is 0.304 e. The maximum absolute atomic E-state index is 11.8. The average molecular weight is 302 g/mol. The van der Waals surface area contributed by atoms with Crippen molar-refractivity contribution in [1.29, 1.82) is 0 Å². The van der Waals surface area contributed by atoms with Crippen molar-refractivity contribution < 1.29 is 26.7 Å². The molecule has 0 rings (SSSR count). The Kier molecular flexibility index (Phi) is 6.20.